The summed E-state index contributed by atoms with van der Waals surface area (Å²) in [5.41, 5.74) is 0.654. The number of nitrogens with zero attached hydrogens (tertiary/aromatic N) is 3. The molecule has 2 rings (SSSR count). The van der Waals surface area contributed by atoms with Crippen LogP contribution in [-0.4, -0.2) is 20.5 Å². The first-order valence-corrected chi connectivity index (χ1v) is 5.56. The second-order valence-electron chi connectivity index (χ2n) is 4.28. The van der Waals surface area contributed by atoms with Gasteiger partial charge >= 0.3 is 0 Å². The Hall–Kier alpha value is -1.91. The van der Waals surface area contributed by atoms with Gasteiger partial charge in [-0.15, -0.1) is 0 Å². The number of hydrogen-bond acceptors (Lipinski definition) is 4. The number of rotatable bonds is 4. The van der Waals surface area contributed by atoms with Crippen molar-refractivity contribution in [3.05, 3.63) is 35.7 Å². The van der Waals surface area contributed by atoms with E-state index >= 15 is 0 Å². The van der Waals surface area contributed by atoms with Gasteiger partial charge in [-0.25, -0.2) is 0 Å². The van der Waals surface area contributed by atoms with E-state index in [4.69, 9.17) is 4.52 Å². The summed E-state index contributed by atoms with van der Waals surface area (Å²) in [7, 11) is 0. The Kier molecular flexibility index (Phi) is 3.08. The molecule has 0 amide bonds. The minimum atomic E-state index is 0.0302. The van der Waals surface area contributed by atoms with Crippen LogP contribution in [0.5, 0.6) is 0 Å². The maximum atomic E-state index is 11.3. The molecular formula is C12H15N3O2. The van der Waals surface area contributed by atoms with Crippen molar-refractivity contribution < 1.29 is 9.32 Å². The first kappa shape index (κ1) is 11.6. The number of Topliss-reactive ketones (excluding diaryl/α,β-unsaturated/α-hetero) is 1. The predicted octanol–water partition coefficient (Wildman–Crippen LogP) is 2.25. The van der Waals surface area contributed by atoms with Crippen LogP contribution in [0.15, 0.2) is 22.9 Å². The monoisotopic (exact) mass is 233 g/mol. The lowest BCUT2D eigenvalue weighted by atomic mass is 10.2. The van der Waals surface area contributed by atoms with Crippen LogP contribution in [0.3, 0.4) is 0 Å². The van der Waals surface area contributed by atoms with E-state index in [1.165, 1.54) is 0 Å². The highest BCUT2D eigenvalue weighted by Gasteiger charge is 2.12. The van der Waals surface area contributed by atoms with Crippen molar-refractivity contribution in [2.75, 3.05) is 0 Å². The zero-order valence-electron chi connectivity index (χ0n) is 10.2. The van der Waals surface area contributed by atoms with Crippen LogP contribution in [0.2, 0.25) is 0 Å². The number of hydrogen-bond donors (Lipinski definition) is 0. The van der Waals surface area contributed by atoms with Crippen LogP contribution in [0.4, 0.5) is 0 Å². The van der Waals surface area contributed by atoms with Crippen LogP contribution in [-0.2, 0) is 6.54 Å². The summed E-state index contributed by atoms with van der Waals surface area (Å²) in [5.74, 6) is 1.46. The van der Waals surface area contributed by atoms with Crippen LogP contribution in [0.1, 0.15) is 48.9 Å². The van der Waals surface area contributed by atoms with E-state index < -0.39 is 0 Å². The van der Waals surface area contributed by atoms with E-state index in [2.05, 4.69) is 10.1 Å². The average Bonchev–Trinajstić information content (AvgIpc) is 2.86. The fraction of sp³-hybridized carbons (Fsp3) is 0.417. The molecule has 5 nitrogen and oxygen atoms in total. The maximum absolute atomic E-state index is 11.3. The summed E-state index contributed by atoms with van der Waals surface area (Å²) in [5, 5.41) is 3.89. The quantitative estimate of drug-likeness (QED) is 0.760. The summed E-state index contributed by atoms with van der Waals surface area (Å²) in [6.45, 7) is 5.99. The molecule has 0 bridgehead atoms. The average molecular weight is 233 g/mol. The molecule has 2 aromatic heterocycles. The molecule has 0 aliphatic rings. The van der Waals surface area contributed by atoms with Crippen molar-refractivity contribution in [1.29, 1.82) is 0 Å². The van der Waals surface area contributed by atoms with Gasteiger partial charge in [0.15, 0.2) is 11.6 Å². The largest absolute Gasteiger partial charge is 0.339 e. The van der Waals surface area contributed by atoms with Crippen LogP contribution >= 0.6 is 0 Å². The van der Waals surface area contributed by atoms with E-state index in [0.717, 1.165) is 0 Å². The van der Waals surface area contributed by atoms with E-state index in [1.807, 2.05) is 30.7 Å². The molecule has 5 heteroatoms. The maximum Gasteiger partial charge on any atom is 0.229 e. The Morgan fingerprint density at radius 3 is 2.88 bits per heavy atom. The van der Waals surface area contributed by atoms with Crippen LogP contribution in [0.25, 0.3) is 0 Å². The molecule has 2 heterocycles. The van der Waals surface area contributed by atoms with Gasteiger partial charge in [0.2, 0.25) is 5.89 Å². The molecule has 0 saturated carbocycles. The summed E-state index contributed by atoms with van der Waals surface area (Å²) >= 11 is 0. The summed E-state index contributed by atoms with van der Waals surface area (Å²) in [6, 6.07) is 3.62. The molecule has 17 heavy (non-hydrogen) atoms. The zero-order chi connectivity index (χ0) is 12.4. The van der Waals surface area contributed by atoms with Gasteiger partial charge in [0.05, 0.1) is 12.2 Å². The third kappa shape index (κ3) is 2.43. The summed E-state index contributed by atoms with van der Waals surface area (Å²) in [6.07, 6.45) is 1.84. The molecule has 0 saturated heterocycles. The molecule has 2 aromatic rings. The Morgan fingerprint density at radius 1 is 1.53 bits per heavy atom. The van der Waals surface area contributed by atoms with Gasteiger partial charge in [-0.05, 0) is 12.1 Å². The van der Waals surface area contributed by atoms with E-state index in [-0.39, 0.29) is 11.7 Å². The highest BCUT2D eigenvalue weighted by Crippen LogP contribution is 2.12. The SMILES string of the molecule is CC(=O)c1cccn1Cc1noc(C(C)C)n1. The fourth-order valence-corrected chi connectivity index (χ4v) is 1.59. The Labute approximate surface area is 99.4 Å². The lowest BCUT2D eigenvalue weighted by molar-refractivity contribution is 0.100. The van der Waals surface area contributed by atoms with Gasteiger partial charge in [0.25, 0.3) is 0 Å². The smallest absolute Gasteiger partial charge is 0.229 e. The van der Waals surface area contributed by atoms with Crippen molar-refractivity contribution in [3.8, 4) is 0 Å². The molecule has 0 fully saturated rings. The first-order chi connectivity index (χ1) is 8.08. The second kappa shape index (κ2) is 4.53. The van der Waals surface area contributed by atoms with Crippen LogP contribution < -0.4 is 0 Å². The molecule has 0 atom stereocenters. The fourth-order valence-electron chi connectivity index (χ4n) is 1.59. The lowest BCUT2D eigenvalue weighted by Crippen LogP contribution is -2.07. The molecule has 0 spiro atoms. The second-order valence-corrected chi connectivity index (χ2v) is 4.28. The predicted molar refractivity (Wildman–Crippen MR) is 61.9 cm³/mol. The first-order valence-electron chi connectivity index (χ1n) is 5.56. The van der Waals surface area contributed by atoms with Gasteiger partial charge in [0.1, 0.15) is 0 Å². The Bertz CT molecular complexity index is 525. The summed E-state index contributed by atoms with van der Waals surface area (Å²) in [4.78, 5) is 15.6. The Morgan fingerprint density at radius 2 is 2.29 bits per heavy atom. The number of ketones is 1. The van der Waals surface area contributed by atoms with Crippen molar-refractivity contribution >= 4 is 5.78 Å². The Balaban J connectivity index is 2.19. The molecule has 90 valence electrons. The van der Waals surface area contributed by atoms with Gasteiger partial charge in [0, 0.05) is 19.0 Å². The van der Waals surface area contributed by atoms with Crippen molar-refractivity contribution in [2.45, 2.75) is 33.2 Å². The number of carbonyl (C=O) groups excluding carboxylic acids is 1. The molecule has 0 aromatic carbocycles. The standard InChI is InChI=1S/C12H15N3O2/c1-8(2)12-13-11(14-17-12)7-15-6-4-5-10(15)9(3)16/h4-6,8H,7H2,1-3H3. The van der Waals surface area contributed by atoms with Gasteiger partial charge < -0.3 is 9.09 Å². The van der Waals surface area contributed by atoms with E-state index in [1.54, 1.807) is 13.0 Å². The van der Waals surface area contributed by atoms with Crippen LogP contribution in [0, 0.1) is 0 Å². The normalized spacial score (nSPS) is 11.1. The minimum absolute atomic E-state index is 0.0302. The van der Waals surface area contributed by atoms with E-state index in [0.29, 0.717) is 24.0 Å². The van der Waals surface area contributed by atoms with Gasteiger partial charge in [-0.2, -0.15) is 4.98 Å². The molecule has 0 aliphatic carbocycles. The summed E-state index contributed by atoms with van der Waals surface area (Å²) < 4.78 is 6.93. The molecule has 0 aliphatic heterocycles. The number of carbonyl (C=O) groups is 1. The lowest BCUT2D eigenvalue weighted by Gasteiger charge is -2.02. The highest BCUT2D eigenvalue weighted by atomic mass is 16.5. The molecule has 0 N–H and O–H groups in total. The topological polar surface area (TPSA) is 60.9 Å². The zero-order valence-corrected chi connectivity index (χ0v) is 10.2. The third-order valence-corrected chi connectivity index (χ3v) is 2.48. The minimum Gasteiger partial charge on any atom is -0.339 e. The van der Waals surface area contributed by atoms with Crippen molar-refractivity contribution in [1.82, 2.24) is 14.7 Å². The van der Waals surface area contributed by atoms with Gasteiger partial charge in [-0.1, -0.05) is 19.0 Å². The van der Waals surface area contributed by atoms with Gasteiger partial charge in [-0.3, -0.25) is 4.79 Å². The van der Waals surface area contributed by atoms with Crippen molar-refractivity contribution in [3.63, 3.8) is 0 Å². The molecule has 0 radical (unpaired) electrons. The van der Waals surface area contributed by atoms with E-state index in [9.17, 15) is 4.79 Å². The van der Waals surface area contributed by atoms with Crippen molar-refractivity contribution in [2.24, 2.45) is 0 Å². The number of aromatic nitrogens is 3. The molecular weight excluding hydrogens is 218 g/mol. The highest BCUT2D eigenvalue weighted by molar-refractivity contribution is 5.92. The molecule has 0 unspecified atom stereocenters. The third-order valence-electron chi connectivity index (χ3n) is 2.48.